The van der Waals surface area contributed by atoms with Gasteiger partial charge in [0.25, 0.3) is 0 Å². The molecule has 0 aliphatic carbocycles. The van der Waals surface area contributed by atoms with Gasteiger partial charge in [0.15, 0.2) is 0 Å². The topological polar surface area (TPSA) is 42.7 Å². The number of aromatic nitrogens is 3. The lowest BCUT2D eigenvalue weighted by atomic mass is 10.2. The van der Waals surface area contributed by atoms with Crippen LogP contribution >= 0.6 is 0 Å². The number of rotatable bonds is 4. The van der Waals surface area contributed by atoms with Gasteiger partial charge in [-0.25, -0.2) is 4.68 Å². The molecule has 1 aromatic carbocycles. The summed E-state index contributed by atoms with van der Waals surface area (Å²) >= 11 is 0. The summed E-state index contributed by atoms with van der Waals surface area (Å²) in [6.07, 6.45) is 5.60. The van der Waals surface area contributed by atoms with E-state index < -0.39 is 0 Å². The van der Waals surface area contributed by atoms with Crippen LogP contribution in [-0.2, 0) is 6.54 Å². The molecule has 100 valence electrons. The average Bonchev–Trinajstić information content (AvgIpc) is 3.01. The molecule has 0 radical (unpaired) electrons. The van der Waals surface area contributed by atoms with E-state index in [9.17, 15) is 0 Å². The summed E-state index contributed by atoms with van der Waals surface area (Å²) in [5, 5.41) is 7.69. The molecule has 0 saturated carbocycles. The molecule has 3 aromatic rings. The lowest BCUT2D eigenvalue weighted by Crippen LogP contribution is -2.05. The summed E-state index contributed by atoms with van der Waals surface area (Å²) in [6.45, 7) is 2.73. The van der Waals surface area contributed by atoms with E-state index in [1.165, 1.54) is 5.56 Å². The molecular weight excluding hydrogens is 248 g/mol. The van der Waals surface area contributed by atoms with E-state index >= 15 is 0 Å². The van der Waals surface area contributed by atoms with Crippen molar-refractivity contribution in [2.75, 3.05) is 5.32 Å². The Morgan fingerprint density at radius 1 is 1.10 bits per heavy atom. The van der Waals surface area contributed by atoms with Crippen molar-refractivity contribution in [1.29, 1.82) is 0 Å². The van der Waals surface area contributed by atoms with Crippen molar-refractivity contribution in [2.45, 2.75) is 13.5 Å². The number of nitrogens with one attached hydrogen (secondary N) is 1. The molecular formula is C16H16N4. The van der Waals surface area contributed by atoms with E-state index in [-0.39, 0.29) is 0 Å². The number of hydrogen-bond donors (Lipinski definition) is 1. The van der Waals surface area contributed by atoms with E-state index in [0.29, 0.717) is 6.54 Å². The molecule has 20 heavy (non-hydrogen) atoms. The number of anilines is 1. The predicted octanol–water partition coefficient (Wildman–Crippen LogP) is 3.19. The van der Waals surface area contributed by atoms with Crippen LogP contribution in [0.1, 0.15) is 11.3 Å². The van der Waals surface area contributed by atoms with Gasteiger partial charge in [-0.1, -0.05) is 18.2 Å². The minimum absolute atomic E-state index is 0.693. The first-order chi connectivity index (χ1) is 9.83. The van der Waals surface area contributed by atoms with Gasteiger partial charge in [0.2, 0.25) is 0 Å². The molecule has 0 bridgehead atoms. The van der Waals surface area contributed by atoms with Gasteiger partial charge in [-0.05, 0) is 36.8 Å². The summed E-state index contributed by atoms with van der Waals surface area (Å²) in [5.41, 5.74) is 4.26. The number of benzene rings is 1. The second-order valence-corrected chi connectivity index (χ2v) is 4.65. The van der Waals surface area contributed by atoms with E-state index in [4.69, 9.17) is 0 Å². The molecule has 4 heteroatoms. The first kappa shape index (κ1) is 12.4. The molecule has 2 heterocycles. The summed E-state index contributed by atoms with van der Waals surface area (Å²) in [7, 11) is 0. The van der Waals surface area contributed by atoms with Crippen molar-refractivity contribution >= 4 is 5.69 Å². The van der Waals surface area contributed by atoms with Crippen LogP contribution in [0.4, 0.5) is 5.69 Å². The maximum atomic E-state index is 4.40. The maximum absolute atomic E-state index is 4.40. The first-order valence-electron chi connectivity index (χ1n) is 6.57. The molecule has 0 unspecified atom stereocenters. The van der Waals surface area contributed by atoms with Crippen LogP contribution < -0.4 is 5.32 Å². The smallest absolute Gasteiger partial charge is 0.0876 e. The van der Waals surface area contributed by atoms with Gasteiger partial charge in [-0.2, -0.15) is 5.10 Å². The Hall–Kier alpha value is -2.62. The quantitative estimate of drug-likeness (QED) is 0.787. The summed E-state index contributed by atoms with van der Waals surface area (Å²) in [6, 6.07) is 14.1. The molecule has 0 aliphatic heterocycles. The van der Waals surface area contributed by atoms with Crippen LogP contribution in [0.5, 0.6) is 0 Å². The van der Waals surface area contributed by atoms with E-state index in [0.717, 1.165) is 17.1 Å². The fraction of sp³-hybridized carbons (Fsp3) is 0.125. The normalized spacial score (nSPS) is 10.4. The van der Waals surface area contributed by atoms with Crippen LogP contribution in [0.25, 0.3) is 5.69 Å². The Morgan fingerprint density at radius 3 is 2.75 bits per heavy atom. The van der Waals surface area contributed by atoms with Gasteiger partial charge in [-0.3, -0.25) is 4.98 Å². The molecule has 4 nitrogen and oxygen atoms in total. The second-order valence-electron chi connectivity index (χ2n) is 4.65. The highest BCUT2D eigenvalue weighted by Crippen LogP contribution is 2.19. The molecule has 0 spiro atoms. The SMILES string of the molecule is Cc1ccc(CNc2ccccc2-n2cccn2)nc1. The molecule has 0 fully saturated rings. The number of pyridine rings is 1. The first-order valence-corrected chi connectivity index (χ1v) is 6.57. The molecule has 0 saturated heterocycles. The Kier molecular flexibility index (Phi) is 3.46. The Bertz CT molecular complexity index is 672. The molecule has 0 aliphatic rings. The lowest BCUT2D eigenvalue weighted by molar-refractivity contribution is 0.878. The predicted molar refractivity (Wildman–Crippen MR) is 79.9 cm³/mol. The van der Waals surface area contributed by atoms with Gasteiger partial charge < -0.3 is 5.32 Å². The Balaban J connectivity index is 1.79. The fourth-order valence-electron chi connectivity index (χ4n) is 2.02. The zero-order valence-corrected chi connectivity index (χ0v) is 11.3. The molecule has 3 rings (SSSR count). The molecule has 0 amide bonds. The van der Waals surface area contributed by atoms with Crippen LogP contribution in [0.3, 0.4) is 0 Å². The minimum Gasteiger partial charge on any atom is -0.378 e. The molecule has 0 atom stereocenters. The van der Waals surface area contributed by atoms with Gasteiger partial charge in [0.05, 0.1) is 23.6 Å². The Morgan fingerprint density at radius 2 is 2.00 bits per heavy atom. The number of hydrogen-bond acceptors (Lipinski definition) is 3. The van der Waals surface area contributed by atoms with Gasteiger partial charge in [-0.15, -0.1) is 0 Å². The van der Waals surface area contributed by atoms with Crippen molar-refractivity contribution in [1.82, 2.24) is 14.8 Å². The highest BCUT2D eigenvalue weighted by atomic mass is 15.3. The number of para-hydroxylation sites is 2. The third-order valence-electron chi connectivity index (χ3n) is 3.09. The summed E-state index contributed by atoms with van der Waals surface area (Å²) < 4.78 is 1.85. The lowest BCUT2D eigenvalue weighted by Gasteiger charge is -2.11. The third kappa shape index (κ3) is 2.69. The van der Waals surface area contributed by atoms with Crippen LogP contribution in [0, 0.1) is 6.92 Å². The highest BCUT2D eigenvalue weighted by molar-refractivity contribution is 5.60. The number of aryl methyl sites for hydroxylation is 1. The standard InChI is InChI=1S/C16H16N4/c1-13-7-8-14(17-11-13)12-18-15-5-2-3-6-16(15)20-10-4-9-19-20/h2-11,18H,12H2,1H3. The zero-order chi connectivity index (χ0) is 13.8. The highest BCUT2D eigenvalue weighted by Gasteiger charge is 2.04. The molecule has 1 N–H and O–H groups in total. The number of nitrogens with zero attached hydrogens (tertiary/aromatic N) is 3. The summed E-state index contributed by atoms with van der Waals surface area (Å²) in [5.74, 6) is 0. The zero-order valence-electron chi connectivity index (χ0n) is 11.3. The van der Waals surface area contributed by atoms with Gasteiger partial charge in [0, 0.05) is 18.6 Å². The minimum atomic E-state index is 0.693. The van der Waals surface area contributed by atoms with E-state index in [1.54, 1.807) is 6.20 Å². The van der Waals surface area contributed by atoms with Crippen molar-refractivity contribution in [2.24, 2.45) is 0 Å². The van der Waals surface area contributed by atoms with Gasteiger partial charge >= 0.3 is 0 Å². The van der Waals surface area contributed by atoms with Crippen molar-refractivity contribution < 1.29 is 0 Å². The van der Waals surface area contributed by atoms with Crippen LogP contribution in [0.15, 0.2) is 61.1 Å². The molecule has 2 aromatic heterocycles. The fourth-order valence-corrected chi connectivity index (χ4v) is 2.02. The largest absolute Gasteiger partial charge is 0.378 e. The monoisotopic (exact) mass is 264 g/mol. The van der Waals surface area contributed by atoms with Crippen molar-refractivity contribution in [3.63, 3.8) is 0 Å². The average molecular weight is 264 g/mol. The van der Waals surface area contributed by atoms with E-state index in [1.807, 2.05) is 60.4 Å². The van der Waals surface area contributed by atoms with Crippen molar-refractivity contribution in [3.05, 3.63) is 72.3 Å². The summed E-state index contributed by atoms with van der Waals surface area (Å²) in [4.78, 5) is 4.40. The maximum Gasteiger partial charge on any atom is 0.0876 e. The second kappa shape index (κ2) is 5.57. The Labute approximate surface area is 118 Å². The van der Waals surface area contributed by atoms with Crippen molar-refractivity contribution in [3.8, 4) is 5.69 Å². The third-order valence-corrected chi connectivity index (χ3v) is 3.09. The van der Waals surface area contributed by atoms with Crippen LogP contribution in [-0.4, -0.2) is 14.8 Å². The van der Waals surface area contributed by atoms with Crippen LogP contribution in [0.2, 0.25) is 0 Å². The van der Waals surface area contributed by atoms with Gasteiger partial charge in [0.1, 0.15) is 0 Å². The van der Waals surface area contributed by atoms with E-state index in [2.05, 4.69) is 21.5 Å².